The predicted octanol–water partition coefficient (Wildman–Crippen LogP) is 2.73. The van der Waals surface area contributed by atoms with Crippen LogP contribution in [0.2, 0.25) is 0 Å². The molecule has 0 fully saturated rings. The van der Waals surface area contributed by atoms with E-state index in [1.807, 2.05) is 12.1 Å². The second-order valence-electron chi connectivity index (χ2n) is 5.81. The van der Waals surface area contributed by atoms with E-state index in [0.29, 0.717) is 5.56 Å². The van der Waals surface area contributed by atoms with Crippen molar-refractivity contribution in [3.05, 3.63) is 63.7 Å². The summed E-state index contributed by atoms with van der Waals surface area (Å²) in [6, 6.07) is 11.0. The van der Waals surface area contributed by atoms with Gasteiger partial charge in [-0.3, -0.25) is 10.1 Å². The van der Waals surface area contributed by atoms with E-state index in [1.54, 1.807) is 26.0 Å². The Labute approximate surface area is 158 Å². The first-order valence-electron chi connectivity index (χ1n) is 8.55. The largest absolute Gasteiger partial charge is 0.392 e. The van der Waals surface area contributed by atoms with Crippen LogP contribution in [0.3, 0.4) is 0 Å². The molecular formula is C18H23N3O5S. The molecule has 9 heteroatoms. The topological polar surface area (TPSA) is 113 Å². The Hall–Kier alpha value is -2.49. The molecule has 2 aromatic rings. The fraction of sp³-hybridized carbons (Fsp3) is 0.333. The second-order valence-corrected chi connectivity index (χ2v) is 7.74. The Morgan fingerprint density at radius 1 is 1.11 bits per heavy atom. The average molecular weight is 393 g/mol. The highest BCUT2D eigenvalue weighted by Gasteiger charge is 2.25. The van der Waals surface area contributed by atoms with E-state index >= 15 is 0 Å². The highest BCUT2D eigenvalue weighted by Crippen LogP contribution is 2.29. The molecule has 0 aliphatic carbocycles. The molecule has 8 nitrogen and oxygen atoms in total. The summed E-state index contributed by atoms with van der Waals surface area (Å²) in [5.41, 5.74) is 1.42. The number of rotatable bonds is 9. The first kappa shape index (κ1) is 20.8. The van der Waals surface area contributed by atoms with Gasteiger partial charge in [-0.2, -0.15) is 4.31 Å². The Morgan fingerprint density at radius 3 is 2.30 bits per heavy atom. The normalized spacial score (nSPS) is 11.6. The Bertz CT molecular complexity index is 911. The molecule has 0 bridgehead atoms. The van der Waals surface area contributed by atoms with E-state index in [4.69, 9.17) is 0 Å². The number of nitrogens with one attached hydrogen (secondary N) is 1. The number of sulfonamides is 1. The summed E-state index contributed by atoms with van der Waals surface area (Å²) >= 11 is 0. The summed E-state index contributed by atoms with van der Waals surface area (Å²) < 4.78 is 26.4. The average Bonchev–Trinajstić information content (AvgIpc) is 2.67. The van der Waals surface area contributed by atoms with Gasteiger partial charge in [-0.15, -0.1) is 0 Å². The maximum Gasteiger partial charge on any atom is 0.293 e. The fourth-order valence-electron chi connectivity index (χ4n) is 2.76. The molecule has 27 heavy (non-hydrogen) atoms. The van der Waals surface area contributed by atoms with Crippen LogP contribution >= 0.6 is 0 Å². The van der Waals surface area contributed by atoms with Crippen LogP contribution < -0.4 is 5.32 Å². The van der Waals surface area contributed by atoms with Crippen LogP contribution in [-0.4, -0.2) is 35.8 Å². The zero-order valence-electron chi connectivity index (χ0n) is 15.3. The molecule has 0 spiro atoms. The smallest absolute Gasteiger partial charge is 0.293 e. The monoisotopic (exact) mass is 393 g/mol. The molecule has 0 amide bonds. The maximum atomic E-state index is 12.6. The van der Waals surface area contributed by atoms with Gasteiger partial charge in [-0.1, -0.05) is 38.1 Å². The van der Waals surface area contributed by atoms with Gasteiger partial charge in [-0.25, -0.2) is 8.42 Å². The minimum Gasteiger partial charge on any atom is -0.392 e. The number of aliphatic hydroxyl groups is 1. The molecule has 0 aliphatic rings. The summed E-state index contributed by atoms with van der Waals surface area (Å²) in [6.45, 7) is 4.11. The third-order valence-corrected chi connectivity index (χ3v) is 6.31. The molecule has 0 aliphatic heterocycles. The summed E-state index contributed by atoms with van der Waals surface area (Å²) in [4.78, 5) is 10.7. The van der Waals surface area contributed by atoms with Gasteiger partial charge in [0.15, 0.2) is 0 Å². The molecule has 2 aromatic carbocycles. The van der Waals surface area contributed by atoms with Crippen molar-refractivity contribution in [3.8, 4) is 0 Å². The second kappa shape index (κ2) is 8.94. The lowest BCUT2D eigenvalue weighted by molar-refractivity contribution is -0.384. The number of hydrogen-bond donors (Lipinski definition) is 2. The van der Waals surface area contributed by atoms with Crippen LogP contribution in [0.25, 0.3) is 0 Å². The predicted molar refractivity (Wildman–Crippen MR) is 103 cm³/mol. The number of anilines is 1. The van der Waals surface area contributed by atoms with Gasteiger partial charge >= 0.3 is 0 Å². The third-order valence-electron chi connectivity index (χ3n) is 4.27. The van der Waals surface area contributed by atoms with Gasteiger partial charge in [-0.05, 0) is 23.3 Å². The number of aliphatic hydroxyl groups excluding tert-OH is 1. The quantitative estimate of drug-likeness (QED) is 0.500. The van der Waals surface area contributed by atoms with Crippen LogP contribution in [0.1, 0.15) is 25.0 Å². The molecule has 146 valence electrons. The van der Waals surface area contributed by atoms with E-state index in [9.17, 15) is 23.6 Å². The zero-order valence-corrected chi connectivity index (χ0v) is 16.1. The molecule has 0 unspecified atom stereocenters. The lowest BCUT2D eigenvalue weighted by atomic mass is 10.1. The maximum absolute atomic E-state index is 12.6. The Balaban J connectivity index is 2.35. The number of hydrogen-bond acceptors (Lipinski definition) is 6. The van der Waals surface area contributed by atoms with Crippen LogP contribution in [0, 0.1) is 10.1 Å². The summed E-state index contributed by atoms with van der Waals surface area (Å²) in [5, 5.41) is 23.8. The van der Waals surface area contributed by atoms with Gasteiger partial charge in [0.25, 0.3) is 5.69 Å². The van der Waals surface area contributed by atoms with Crippen molar-refractivity contribution in [3.63, 3.8) is 0 Å². The molecule has 0 saturated carbocycles. The van der Waals surface area contributed by atoms with E-state index in [1.165, 1.54) is 16.4 Å². The molecule has 2 N–H and O–H groups in total. The van der Waals surface area contributed by atoms with Gasteiger partial charge < -0.3 is 10.4 Å². The van der Waals surface area contributed by atoms with Gasteiger partial charge in [0.1, 0.15) is 5.69 Å². The van der Waals surface area contributed by atoms with Gasteiger partial charge in [0.05, 0.1) is 16.4 Å². The lowest BCUT2D eigenvalue weighted by Crippen LogP contribution is -2.30. The zero-order chi connectivity index (χ0) is 20.0. The van der Waals surface area contributed by atoms with Crippen molar-refractivity contribution in [2.45, 2.75) is 31.9 Å². The van der Waals surface area contributed by atoms with Crippen LogP contribution in [0.5, 0.6) is 0 Å². The Morgan fingerprint density at radius 2 is 1.74 bits per heavy atom. The summed E-state index contributed by atoms with van der Waals surface area (Å²) in [5.74, 6) is 0. The van der Waals surface area contributed by atoms with Crippen LogP contribution in [-0.2, 0) is 23.2 Å². The lowest BCUT2D eigenvalue weighted by Gasteiger charge is -2.18. The molecule has 0 heterocycles. The minimum atomic E-state index is -3.78. The standard InChI is InChI=1S/C18H23N3O5S/c1-3-20(4-2)27(25,26)16-9-10-17(18(11-16)21(23)24)19-12-14-7-5-6-8-15(14)13-22/h5-11,19,22H,3-4,12-13H2,1-2H3. The SMILES string of the molecule is CCN(CC)S(=O)(=O)c1ccc(NCc2ccccc2CO)c([N+](=O)[O-])c1. The van der Waals surface area contributed by atoms with E-state index < -0.39 is 14.9 Å². The molecule has 2 rings (SSSR count). The van der Waals surface area contributed by atoms with E-state index in [2.05, 4.69) is 5.32 Å². The van der Waals surface area contributed by atoms with Crippen molar-refractivity contribution >= 4 is 21.4 Å². The summed E-state index contributed by atoms with van der Waals surface area (Å²) in [6.07, 6.45) is 0. The molecule has 0 atom stereocenters. The highest BCUT2D eigenvalue weighted by molar-refractivity contribution is 7.89. The van der Waals surface area contributed by atoms with Crippen molar-refractivity contribution in [2.75, 3.05) is 18.4 Å². The number of nitro benzene ring substituents is 1. The van der Waals surface area contributed by atoms with E-state index in [0.717, 1.165) is 11.6 Å². The Kier molecular flexibility index (Phi) is 6.89. The summed E-state index contributed by atoms with van der Waals surface area (Å²) in [7, 11) is -3.78. The van der Waals surface area contributed by atoms with Gasteiger partial charge in [0, 0.05) is 25.7 Å². The third kappa shape index (κ3) is 4.62. The molecule has 0 radical (unpaired) electrons. The highest BCUT2D eigenvalue weighted by atomic mass is 32.2. The number of benzene rings is 2. The van der Waals surface area contributed by atoms with Crippen LogP contribution in [0.4, 0.5) is 11.4 Å². The molecule has 0 aromatic heterocycles. The van der Waals surface area contributed by atoms with Crippen molar-refractivity contribution in [1.29, 1.82) is 0 Å². The van der Waals surface area contributed by atoms with E-state index in [-0.39, 0.29) is 42.5 Å². The van der Waals surface area contributed by atoms with Crippen LogP contribution in [0.15, 0.2) is 47.4 Å². The number of nitro groups is 1. The molecule has 0 saturated heterocycles. The number of nitrogens with zero attached hydrogens (tertiary/aromatic N) is 2. The van der Waals surface area contributed by atoms with Gasteiger partial charge in [0.2, 0.25) is 10.0 Å². The van der Waals surface area contributed by atoms with Crippen molar-refractivity contribution in [1.82, 2.24) is 4.31 Å². The minimum absolute atomic E-state index is 0.112. The molecular weight excluding hydrogens is 370 g/mol. The first-order valence-corrected chi connectivity index (χ1v) is 9.99. The first-order chi connectivity index (χ1) is 12.8. The van der Waals surface area contributed by atoms with Crippen molar-refractivity contribution < 1.29 is 18.4 Å². The van der Waals surface area contributed by atoms with Crippen molar-refractivity contribution in [2.24, 2.45) is 0 Å². The fourth-order valence-corrected chi connectivity index (χ4v) is 4.24.